The fraction of sp³-hybridized carbons (Fsp3) is 1.00. The molecular weight excluding hydrogens is 720 g/mol. The second-order valence-electron chi connectivity index (χ2n) is 0.490. The zero-order valence-corrected chi connectivity index (χ0v) is 17.9. The third-order valence-corrected chi connectivity index (χ3v) is 114. The first-order valence-electron chi connectivity index (χ1n) is 1.08. The van der Waals surface area contributed by atoms with Crippen molar-refractivity contribution in [1.29, 1.82) is 0 Å². The van der Waals surface area contributed by atoms with Crippen LogP contribution in [0.15, 0.2) is 0 Å². The zero-order valence-electron chi connectivity index (χ0n) is 3.05. The van der Waals surface area contributed by atoms with Crippen molar-refractivity contribution in [3.63, 3.8) is 0 Å². The van der Waals surface area contributed by atoms with Gasteiger partial charge in [0.25, 0.3) is 0 Å². The predicted molar refractivity (Wildman–Crippen MR) is 66.5 cm³/mol. The van der Waals surface area contributed by atoms with Crippen LogP contribution in [0.5, 0.6) is 0 Å². The van der Waals surface area contributed by atoms with E-state index in [1.807, 2.05) is 2.43 Å². The number of hydrogen-bond acceptors (Lipinski definition) is 0. The number of hydrogen-bond donors (Lipinski definition) is 0. The predicted octanol–water partition coefficient (Wildman–Crippen LogP) is 2.51. The van der Waals surface area contributed by atoms with Crippen LogP contribution in [0.4, 0.5) is 0 Å². The summed E-state index contributed by atoms with van der Waals surface area (Å²) in [4.78, 5) is 0. The second-order valence-corrected chi connectivity index (χ2v) is 57.0. The van der Waals surface area contributed by atoms with E-state index >= 15 is 0 Å². The van der Waals surface area contributed by atoms with Crippen molar-refractivity contribution in [2.24, 2.45) is 0 Å². The number of halogens is 4. The van der Waals surface area contributed by atoms with E-state index in [0.29, 0.717) is 0 Å². The molecule has 0 spiro atoms. The first kappa shape index (κ1) is 9.86. The van der Waals surface area contributed by atoms with Crippen LogP contribution in [-0.4, -0.2) is 2.43 Å². The van der Waals surface area contributed by atoms with Gasteiger partial charge in [-0.05, 0) is 0 Å². The molecule has 5 heteroatoms. The maximum atomic E-state index is 1.88. The molecule has 1 heterocycles. The molecule has 0 nitrogen and oxygen atoms in total. The van der Waals surface area contributed by atoms with Crippen molar-refractivity contribution in [2.45, 2.75) is 0 Å². The van der Waals surface area contributed by atoms with Gasteiger partial charge in [0, 0.05) is 27.7 Å². The average molecular weight is 726 g/mol. The minimum atomic E-state index is 0. The summed E-state index contributed by atoms with van der Waals surface area (Å²) in [6.07, 6.45) is 0. The van der Waals surface area contributed by atoms with Crippen LogP contribution in [-0.2, 0) is 27.7 Å². The summed E-state index contributed by atoms with van der Waals surface area (Å²) in [5.41, 5.74) is 0. The Morgan fingerprint density at radius 3 is 1.67 bits per heavy atom. The van der Waals surface area contributed by atoms with E-state index in [1.165, 1.54) is 0 Å². The molecule has 0 aromatic carbocycles. The number of rotatable bonds is 0. The van der Waals surface area contributed by atoms with Crippen molar-refractivity contribution in [3.8, 4) is 0 Å². The molecule has 0 aromatic heterocycles. The summed E-state index contributed by atoms with van der Waals surface area (Å²) in [5, 5.41) is 0. The van der Waals surface area contributed by atoms with Gasteiger partial charge < -0.3 is 0 Å². The van der Waals surface area contributed by atoms with E-state index in [1.54, 1.807) is 0 Å². The summed E-state index contributed by atoms with van der Waals surface area (Å²) < 4.78 is 1.88. The summed E-state index contributed by atoms with van der Waals surface area (Å²) in [6, 6.07) is 0. The fourth-order valence-corrected chi connectivity index (χ4v) is 199. The smallest absolute Gasteiger partial charge is 0 e. The van der Waals surface area contributed by atoms with Gasteiger partial charge in [0.2, 0.25) is 0 Å². The van der Waals surface area contributed by atoms with Gasteiger partial charge in [0.1, 0.15) is 0 Å². The molecule has 0 atom stereocenters. The van der Waals surface area contributed by atoms with Gasteiger partial charge in [-0.2, -0.15) is 0 Å². The Bertz CT molecular complexity index is 19.1. The van der Waals surface area contributed by atoms with Gasteiger partial charge in [0.15, 0.2) is 0 Å². The van der Waals surface area contributed by atoms with E-state index in [-0.39, 0.29) is 27.7 Å². The zero-order chi connectivity index (χ0) is 3.54. The molecule has 0 radical (unpaired) electrons. The Hall–Kier alpha value is 3.86. The second kappa shape index (κ2) is 6.97. The molecule has 0 bridgehead atoms. The average Bonchev–Trinajstić information content (AvgIpc) is 1.76. The molecule has 1 rings (SSSR count). The summed E-state index contributed by atoms with van der Waals surface area (Å²) in [5.74, 6) is 0. The van der Waals surface area contributed by atoms with Gasteiger partial charge in [-0.1, -0.05) is 0 Å². The van der Waals surface area contributed by atoms with Crippen molar-refractivity contribution in [3.05, 3.63) is 0 Å². The van der Waals surface area contributed by atoms with Crippen LogP contribution in [0.1, 0.15) is 0 Å². The van der Waals surface area contributed by atoms with E-state index < -0.39 is 0 Å². The third kappa shape index (κ3) is 4.71. The molecule has 0 unspecified atom stereocenters. The minimum absolute atomic E-state index is 0. The van der Waals surface area contributed by atoms with E-state index in [0.717, 1.165) is 61.0 Å². The van der Waals surface area contributed by atoms with Gasteiger partial charge in [-0.3, -0.25) is 0 Å². The molecule has 1 aliphatic rings. The molecule has 0 saturated carbocycles. The SMILES string of the molecule is C1[IH][IH][IH][IH]1.[Hg]. The van der Waals surface area contributed by atoms with E-state index in [9.17, 15) is 0 Å². The molecule has 1 aliphatic heterocycles. The van der Waals surface area contributed by atoms with Crippen molar-refractivity contribution < 1.29 is 27.7 Å². The van der Waals surface area contributed by atoms with Crippen LogP contribution in [0, 0.1) is 0 Å². The maximum absolute atomic E-state index is 1.88. The van der Waals surface area contributed by atoms with Crippen LogP contribution >= 0.6 is 61.0 Å². The van der Waals surface area contributed by atoms with Crippen molar-refractivity contribution in [2.75, 3.05) is 2.43 Å². The Morgan fingerprint density at radius 1 is 1.00 bits per heavy atom. The molecule has 1 fully saturated rings. The van der Waals surface area contributed by atoms with Gasteiger partial charge >= 0.3 is 63.4 Å². The van der Waals surface area contributed by atoms with E-state index in [2.05, 4.69) is 0 Å². The molecular formula is CH6HgI4. The standard InChI is InChI=1S/CH6I4.Hg/c1-2-4-5-3-1;/h2-5H,1H2;. The fourth-order valence-electron chi connectivity index (χ4n) is 0.0982. The molecule has 0 N–H and O–H groups in total. The van der Waals surface area contributed by atoms with E-state index in [4.69, 9.17) is 0 Å². The summed E-state index contributed by atoms with van der Waals surface area (Å²) >= 11 is 3.54. The molecule has 6 heavy (non-hydrogen) atoms. The summed E-state index contributed by atoms with van der Waals surface area (Å²) in [6.45, 7) is 0. The Labute approximate surface area is 88.0 Å². The van der Waals surface area contributed by atoms with Gasteiger partial charge in [0.05, 0.1) is 0 Å². The van der Waals surface area contributed by atoms with Crippen LogP contribution in [0.3, 0.4) is 0 Å². The molecule has 0 amide bonds. The Balaban J connectivity index is 0.000000250. The monoisotopic (exact) mass is 728 g/mol. The number of alkyl halides is 2. The normalized spacial score (nSPS) is 25.3. The van der Waals surface area contributed by atoms with Crippen LogP contribution < -0.4 is 0 Å². The molecule has 40 valence electrons. The molecule has 0 aromatic rings. The largest absolute Gasteiger partial charge is 0 e. The van der Waals surface area contributed by atoms with Crippen molar-refractivity contribution >= 4 is 61.0 Å². The minimum Gasteiger partial charge on any atom is 0 e. The topological polar surface area (TPSA) is 0 Å². The van der Waals surface area contributed by atoms with Crippen molar-refractivity contribution in [1.82, 2.24) is 0 Å². The first-order chi connectivity index (χ1) is 2.50. The van der Waals surface area contributed by atoms with Gasteiger partial charge in [-0.15, -0.1) is 0 Å². The Kier molecular flexibility index (Phi) is 11.4. The Morgan fingerprint density at radius 2 is 1.50 bits per heavy atom. The third-order valence-electron chi connectivity index (χ3n) is 0.220. The first-order valence-corrected chi connectivity index (χ1v) is 26.4. The molecule has 0 aliphatic carbocycles. The van der Waals surface area contributed by atoms with Gasteiger partial charge in [-0.25, -0.2) is 0 Å². The maximum Gasteiger partial charge on any atom is 0 e. The van der Waals surface area contributed by atoms with Crippen LogP contribution in [0.2, 0.25) is 0 Å². The summed E-state index contributed by atoms with van der Waals surface area (Å²) in [7, 11) is 0. The quantitative estimate of drug-likeness (QED) is 0.205. The van der Waals surface area contributed by atoms with Crippen LogP contribution in [0.25, 0.3) is 0 Å². The molecule has 1 saturated heterocycles.